The van der Waals surface area contributed by atoms with Crippen LogP contribution in [0.1, 0.15) is 22.2 Å². The molecule has 1 N–H and O–H groups in total. The fraction of sp³-hybridized carbons (Fsp3) is 0.125. The second kappa shape index (κ2) is 10.0. The number of benzene rings is 1. The Morgan fingerprint density at radius 3 is 2.50 bits per heavy atom. The van der Waals surface area contributed by atoms with Crippen LogP contribution < -0.4 is 10.2 Å². The van der Waals surface area contributed by atoms with Crippen molar-refractivity contribution in [2.45, 2.75) is 19.0 Å². The lowest BCUT2D eigenvalue weighted by Crippen LogP contribution is -2.44. The minimum atomic E-state index is -0.981. The van der Waals surface area contributed by atoms with Gasteiger partial charge in [-0.1, -0.05) is 6.07 Å². The summed E-state index contributed by atoms with van der Waals surface area (Å²) in [6.45, 7) is 0.170. The van der Waals surface area contributed by atoms with E-state index < -0.39 is 17.8 Å². The fourth-order valence-electron chi connectivity index (χ4n) is 3.33. The molecule has 1 atom stereocenters. The van der Waals surface area contributed by atoms with Crippen molar-refractivity contribution in [3.05, 3.63) is 107 Å². The molecular formula is C24H20FN3O3S. The number of rotatable bonds is 8. The maximum atomic E-state index is 13.6. The van der Waals surface area contributed by atoms with Gasteiger partial charge in [0.15, 0.2) is 0 Å². The Bertz CT molecular complexity index is 1150. The van der Waals surface area contributed by atoms with E-state index >= 15 is 0 Å². The zero-order valence-corrected chi connectivity index (χ0v) is 17.8. The van der Waals surface area contributed by atoms with E-state index in [1.807, 2.05) is 17.5 Å². The van der Waals surface area contributed by atoms with Crippen LogP contribution in [0, 0.1) is 5.82 Å². The van der Waals surface area contributed by atoms with Crippen molar-refractivity contribution in [2.75, 3.05) is 4.90 Å². The standard InChI is InChI=1S/C24H20FN3O3S/c25-18-5-7-19(8-6-18)28(22(29)15-21-4-2-14-32-21)23(17-9-11-26-12-10-17)24(30)27-16-20-3-1-13-31-20/h1-14,23H,15-16H2,(H,27,30). The zero-order chi connectivity index (χ0) is 22.3. The van der Waals surface area contributed by atoms with Gasteiger partial charge in [-0.15, -0.1) is 11.3 Å². The number of furan rings is 1. The molecule has 0 spiro atoms. The van der Waals surface area contributed by atoms with E-state index in [2.05, 4.69) is 10.3 Å². The number of thiophene rings is 1. The number of carbonyl (C=O) groups is 2. The summed E-state index contributed by atoms with van der Waals surface area (Å²) in [4.78, 5) is 33.2. The molecule has 0 saturated heterocycles. The van der Waals surface area contributed by atoms with Crippen LogP contribution >= 0.6 is 11.3 Å². The minimum absolute atomic E-state index is 0.113. The maximum absolute atomic E-state index is 13.6. The van der Waals surface area contributed by atoms with Gasteiger partial charge in [0.1, 0.15) is 17.6 Å². The van der Waals surface area contributed by atoms with E-state index in [4.69, 9.17) is 4.42 Å². The largest absolute Gasteiger partial charge is 0.467 e. The van der Waals surface area contributed by atoms with Crippen molar-refractivity contribution in [1.29, 1.82) is 0 Å². The number of halogens is 1. The number of carbonyl (C=O) groups excluding carboxylic acids is 2. The van der Waals surface area contributed by atoms with Crippen molar-refractivity contribution < 1.29 is 18.4 Å². The number of anilines is 1. The predicted molar refractivity (Wildman–Crippen MR) is 119 cm³/mol. The molecule has 4 rings (SSSR count). The van der Waals surface area contributed by atoms with E-state index in [1.165, 1.54) is 46.8 Å². The van der Waals surface area contributed by atoms with Gasteiger partial charge in [-0.25, -0.2) is 4.39 Å². The third-order valence-electron chi connectivity index (χ3n) is 4.82. The van der Waals surface area contributed by atoms with Gasteiger partial charge in [0, 0.05) is 23.0 Å². The Labute approximate surface area is 188 Å². The molecule has 32 heavy (non-hydrogen) atoms. The molecule has 0 radical (unpaired) electrons. The van der Waals surface area contributed by atoms with Crippen molar-refractivity contribution >= 4 is 28.8 Å². The average molecular weight is 450 g/mol. The number of amides is 2. The third-order valence-corrected chi connectivity index (χ3v) is 5.70. The van der Waals surface area contributed by atoms with Gasteiger partial charge >= 0.3 is 0 Å². The summed E-state index contributed by atoms with van der Waals surface area (Å²) in [5.74, 6) is -0.516. The van der Waals surface area contributed by atoms with Crippen LogP contribution in [0.15, 0.2) is 89.1 Å². The summed E-state index contributed by atoms with van der Waals surface area (Å²) in [7, 11) is 0. The summed E-state index contributed by atoms with van der Waals surface area (Å²) >= 11 is 1.46. The van der Waals surface area contributed by atoms with Crippen LogP contribution in [0.2, 0.25) is 0 Å². The smallest absolute Gasteiger partial charge is 0.248 e. The lowest BCUT2D eigenvalue weighted by atomic mass is 10.0. The Hall–Kier alpha value is -3.78. The molecule has 0 bridgehead atoms. The summed E-state index contributed by atoms with van der Waals surface area (Å²) in [5.41, 5.74) is 1.00. The predicted octanol–water partition coefficient (Wildman–Crippen LogP) is 4.51. The molecule has 0 aliphatic heterocycles. The molecule has 8 heteroatoms. The number of hydrogen-bond acceptors (Lipinski definition) is 5. The quantitative estimate of drug-likeness (QED) is 0.430. The molecule has 0 fully saturated rings. The van der Waals surface area contributed by atoms with Gasteiger partial charge in [0.05, 0.1) is 19.2 Å². The van der Waals surface area contributed by atoms with Crippen LogP contribution in [0.4, 0.5) is 10.1 Å². The van der Waals surface area contributed by atoms with Crippen LogP contribution in [0.5, 0.6) is 0 Å². The van der Waals surface area contributed by atoms with Gasteiger partial charge in [-0.05, 0) is 65.5 Å². The van der Waals surface area contributed by atoms with Crippen LogP contribution in [-0.2, 0) is 22.6 Å². The van der Waals surface area contributed by atoms with Crippen molar-refractivity contribution in [3.63, 3.8) is 0 Å². The molecule has 162 valence electrons. The molecule has 0 saturated carbocycles. The highest BCUT2D eigenvalue weighted by molar-refractivity contribution is 7.10. The summed E-state index contributed by atoms with van der Waals surface area (Å²) < 4.78 is 18.9. The van der Waals surface area contributed by atoms with Crippen LogP contribution in [0.25, 0.3) is 0 Å². The monoisotopic (exact) mass is 449 g/mol. The first-order valence-corrected chi connectivity index (χ1v) is 10.8. The fourth-order valence-corrected chi connectivity index (χ4v) is 4.03. The Kier molecular flexibility index (Phi) is 6.72. The molecule has 4 aromatic rings. The first kappa shape index (κ1) is 21.5. The molecule has 3 heterocycles. The number of nitrogens with one attached hydrogen (secondary N) is 1. The normalized spacial score (nSPS) is 11.7. The molecule has 1 unspecified atom stereocenters. The van der Waals surface area contributed by atoms with Crippen molar-refractivity contribution in [1.82, 2.24) is 10.3 Å². The van der Waals surface area contributed by atoms with Gasteiger partial charge in [0.25, 0.3) is 0 Å². The van der Waals surface area contributed by atoms with Crippen LogP contribution in [0.3, 0.4) is 0 Å². The van der Waals surface area contributed by atoms with Gasteiger partial charge in [0.2, 0.25) is 11.8 Å². The molecule has 0 aliphatic rings. The average Bonchev–Trinajstić information content (AvgIpc) is 3.51. The molecule has 2 amide bonds. The van der Waals surface area contributed by atoms with E-state index in [0.29, 0.717) is 17.0 Å². The van der Waals surface area contributed by atoms with E-state index in [1.54, 1.807) is 36.7 Å². The lowest BCUT2D eigenvalue weighted by Gasteiger charge is -2.31. The highest BCUT2D eigenvalue weighted by atomic mass is 32.1. The maximum Gasteiger partial charge on any atom is 0.248 e. The summed E-state index contributed by atoms with van der Waals surface area (Å²) in [5, 5.41) is 4.73. The van der Waals surface area contributed by atoms with E-state index in [-0.39, 0.29) is 18.9 Å². The summed E-state index contributed by atoms with van der Waals surface area (Å²) in [6.07, 6.45) is 4.77. The molecule has 6 nitrogen and oxygen atoms in total. The number of nitrogens with zero attached hydrogens (tertiary/aromatic N) is 2. The molecule has 1 aromatic carbocycles. The highest BCUT2D eigenvalue weighted by Gasteiger charge is 2.33. The first-order chi connectivity index (χ1) is 15.6. The molecular weight excluding hydrogens is 429 g/mol. The summed E-state index contributed by atoms with van der Waals surface area (Å²) in [6, 6.07) is 15.1. The molecule has 3 aromatic heterocycles. The third kappa shape index (κ3) is 5.09. The van der Waals surface area contributed by atoms with Gasteiger partial charge in [-0.2, -0.15) is 0 Å². The highest BCUT2D eigenvalue weighted by Crippen LogP contribution is 2.29. The number of pyridine rings is 1. The first-order valence-electron chi connectivity index (χ1n) is 9.92. The Balaban J connectivity index is 1.71. The van der Waals surface area contributed by atoms with Gasteiger partial charge in [-0.3, -0.25) is 19.5 Å². The van der Waals surface area contributed by atoms with E-state index in [0.717, 1.165) is 4.88 Å². The van der Waals surface area contributed by atoms with Crippen molar-refractivity contribution in [2.24, 2.45) is 0 Å². The Morgan fingerprint density at radius 1 is 1.06 bits per heavy atom. The van der Waals surface area contributed by atoms with Crippen molar-refractivity contribution in [3.8, 4) is 0 Å². The Morgan fingerprint density at radius 2 is 1.84 bits per heavy atom. The van der Waals surface area contributed by atoms with Crippen LogP contribution in [-0.4, -0.2) is 16.8 Å². The topological polar surface area (TPSA) is 75.4 Å². The SMILES string of the molecule is O=C(NCc1ccco1)C(c1ccncc1)N(C(=O)Cc1cccs1)c1ccc(F)cc1. The minimum Gasteiger partial charge on any atom is -0.467 e. The second-order valence-corrected chi connectivity index (χ2v) is 8.01. The lowest BCUT2D eigenvalue weighted by molar-refractivity contribution is -0.126. The van der Waals surface area contributed by atoms with E-state index in [9.17, 15) is 14.0 Å². The second-order valence-electron chi connectivity index (χ2n) is 6.98. The zero-order valence-electron chi connectivity index (χ0n) is 17.0. The molecule has 0 aliphatic carbocycles. The number of aromatic nitrogens is 1. The number of hydrogen-bond donors (Lipinski definition) is 1. The van der Waals surface area contributed by atoms with Gasteiger partial charge < -0.3 is 9.73 Å².